The summed E-state index contributed by atoms with van der Waals surface area (Å²) >= 11 is 5.99. The average molecular weight is 279 g/mol. The first-order valence-corrected chi connectivity index (χ1v) is 6.63. The molecule has 2 rings (SSSR count). The van der Waals surface area contributed by atoms with Gasteiger partial charge in [0.15, 0.2) is 0 Å². The molecule has 2 aromatic carbocycles. The van der Waals surface area contributed by atoms with Gasteiger partial charge in [-0.1, -0.05) is 48.9 Å². The summed E-state index contributed by atoms with van der Waals surface area (Å²) in [6.45, 7) is 2.03. The molecule has 3 heteroatoms. The first kappa shape index (κ1) is 14.0. The van der Waals surface area contributed by atoms with E-state index in [1.807, 2.05) is 37.3 Å². The van der Waals surface area contributed by atoms with Crippen molar-refractivity contribution in [3.05, 3.63) is 70.5 Å². The fourth-order valence-electron chi connectivity index (χ4n) is 2.15. The first-order valence-electron chi connectivity index (χ1n) is 6.26. The Labute approximate surface area is 117 Å². The van der Waals surface area contributed by atoms with Gasteiger partial charge in [0.05, 0.1) is 6.10 Å². The van der Waals surface area contributed by atoms with Crippen molar-refractivity contribution in [1.82, 2.24) is 0 Å². The van der Waals surface area contributed by atoms with Crippen LogP contribution in [0.1, 0.15) is 36.5 Å². The molecule has 1 N–H and O–H groups in total. The van der Waals surface area contributed by atoms with Crippen LogP contribution in [-0.2, 0) is 0 Å². The van der Waals surface area contributed by atoms with E-state index in [2.05, 4.69) is 0 Å². The molecular weight excluding hydrogens is 263 g/mol. The number of rotatable bonds is 4. The van der Waals surface area contributed by atoms with Crippen LogP contribution in [0.15, 0.2) is 48.5 Å². The van der Waals surface area contributed by atoms with Gasteiger partial charge >= 0.3 is 0 Å². The van der Waals surface area contributed by atoms with E-state index in [0.717, 1.165) is 5.56 Å². The fraction of sp³-hybridized carbons (Fsp3) is 0.250. The Balaban J connectivity index is 2.13. The standard InChI is InChI=1S/C16H16ClFO/c1-11(12-5-3-2-4-6-12)9-16(19)14-10-13(18)7-8-15(14)17/h2-8,10-11,16,19H,9H2,1H3. The third-order valence-corrected chi connectivity index (χ3v) is 3.61. The van der Waals surface area contributed by atoms with Crippen molar-refractivity contribution < 1.29 is 9.50 Å². The molecule has 0 bridgehead atoms. The van der Waals surface area contributed by atoms with Crippen LogP contribution in [-0.4, -0.2) is 5.11 Å². The summed E-state index contributed by atoms with van der Waals surface area (Å²) < 4.78 is 13.2. The van der Waals surface area contributed by atoms with E-state index >= 15 is 0 Å². The van der Waals surface area contributed by atoms with Crippen molar-refractivity contribution in [2.45, 2.75) is 25.4 Å². The molecule has 0 fully saturated rings. The lowest BCUT2D eigenvalue weighted by atomic mass is 9.92. The largest absolute Gasteiger partial charge is 0.388 e. The van der Waals surface area contributed by atoms with E-state index in [-0.39, 0.29) is 11.7 Å². The normalized spacial score (nSPS) is 14.1. The lowest BCUT2D eigenvalue weighted by Crippen LogP contribution is -2.04. The van der Waals surface area contributed by atoms with Crippen molar-refractivity contribution in [2.75, 3.05) is 0 Å². The molecule has 1 nitrogen and oxygen atoms in total. The Morgan fingerprint density at radius 2 is 1.84 bits per heavy atom. The third-order valence-electron chi connectivity index (χ3n) is 3.26. The Bertz CT molecular complexity index is 542. The van der Waals surface area contributed by atoms with Gasteiger partial charge in [0.1, 0.15) is 5.82 Å². The van der Waals surface area contributed by atoms with Gasteiger partial charge in [0.2, 0.25) is 0 Å². The Kier molecular flexibility index (Phi) is 4.56. The van der Waals surface area contributed by atoms with E-state index in [4.69, 9.17) is 11.6 Å². The van der Waals surface area contributed by atoms with Crippen LogP contribution in [0.25, 0.3) is 0 Å². The van der Waals surface area contributed by atoms with Gasteiger partial charge in [-0.05, 0) is 36.1 Å². The lowest BCUT2D eigenvalue weighted by molar-refractivity contribution is 0.159. The minimum atomic E-state index is -0.765. The Hall–Kier alpha value is -1.38. The van der Waals surface area contributed by atoms with E-state index in [9.17, 15) is 9.50 Å². The summed E-state index contributed by atoms with van der Waals surface area (Å²) in [4.78, 5) is 0. The van der Waals surface area contributed by atoms with Gasteiger partial charge in [-0.25, -0.2) is 4.39 Å². The fourth-order valence-corrected chi connectivity index (χ4v) is 2.39. The molecule has 0 saturated carbocycles. The highest BCUT2D eigenvalue weighted by Crippen LogP contribution is 2.31. The predicted octanol–water partition coefficient (Wildman–Crippen LogP) is 4.71. The third kappa shape index (κ3) is 3.55. The second-order valence-electron chi connectivity index (χ2n) is 4.73. The van der Waals surface area contributed by atoms with E-state index < -0.39 is 6.10 Å². The Morgan fingerprint density at radius 3 is 2.53 bits per heavy atom. The molecule has 0 aliphatic rings. The smallest absolute Gasteiger partial charge is 0.123 e. The molecule has 2 atom stereocenters. The van der Waals surface area contributed by atoms with Gasteiger partial charge in [0.25, 0.3) is 0 Å². The van der Waals surface area contributed by atoms with Crippen molar-refractivity contribution in [3.63, 3.8) is 0 Å². The molecule has 0 saturated heterocycles. The zero-order valence-corrected chi connectivity index (χ0v) is 11.4. The summed E-state index contributed by atoms with van der Waals surface area (Å²) in [6, 6.07) is 14.0. The molecule has 0 aliphatic heterocycles. The van der Waals surface area contributed by atoms with Crippen LogP contribution in [0.2, 0.25) is 5.02 Å². The van der Waals surface area contributed by atoms with Crippen LogP contribution in [0, 0.1) is 5.82 Å². The molecule has 0 amide bonds. The second kappa shape index (κ2) is 6.18. The summed E-state index contributed by atoms with van der Waals surface area (Å²) in [5.74, 6) is -0.207. The minimum Gasteiger partial charge on any atom is -0.388 e. The van der Waals surface area contributed by atoms with Gasteiger partial charge < -0.3 is 5.11 Å². The van der Waals surface area contributed by atoms with Crippen LogP contribution in [0.3, 0.4) is 0 Å². The Morgan fingerprint density at radius 1 is 1.16 bits per heavy atom. The lowest BCUT2D eigenvalue weighted by Gasteiger charge is -2.18. The van der Waals surface area contributed by atoms with Crippen molar-refractivity contribution in [3.8, 4) is 0 Å². The summed E-state index contributed by atoms with van der Waals surface area (Å²) in [6.07, 6.45) is -0.258. The molecule has 2 aromatic rings. The molecule has 100 valence electrons. The number of benzene rings is 2. The number of hydrogen-bond acceptors (Lipinski definition) is 1. The van der Waals surface area contributed by atoms with Crippen molar-refractivity contribution >= 4 is 11.6 Å². The minimum absolute atomic E-state index is 0.176. The molecule has 2 unspecified atom stereocenters. The maximum Gasteiger partial charge on any atom is 0.123 e. The number of aliphatic hydroxyl groups is 1. The topological polar surface area (TPSA) is 20.2 Å². The highest BCUT2D eigenvalue weighted by molar-refractivity contribution is 6.31. The van der Waals surface area contributed by atoms with Gasteiger partial charge in [-0.2, -0.15) is 0 Å². The SMILES string of the molecule is CC(CC(O)c1cc(F)ccc1Cl)c1ccccc1. The molecule has 0 aliphatic carbocycles. The van der Waals surface area contributed by atoms with Crippen LogP contribution in [0.4, 0.5) is 4.39 Å². The summed E-state index contributed by atoms with van der Waals surface area (Å²) in [5.41, 5.74) is 1.60. The van der Waals surface area contributed by atoms with Gasteiger partial charge in [-0.15, -0.1) is 0 Å². The van der Waals surface area contributed by atoms with Crippen LogP contribution < -0.4 is 0 Å². The van der Waals surface area contributed by atoms with Gasteiger partial charge in [-0.3, -0.25) is 0 Å². The predicted molar refractivity (Wildman–Crippen MR) is 75.8 cm³/mol. The van der Waals surface area contributed by atoms with Crippen molar-refractivity contribution in [2.24, 2.45) is 0 Å². The van der Waals surface area contributed by atoms with Crippen molar-refractivity contribution in [1.29, 1.82) is 0 Å². The van der Waals surface area contributed by atoms with E-state index in [1.54, 1.807) is 0 Å². The summed E-state index contributed by atoms with van der Waals surface area (Å²) in [7, 11) is 0. The maximum atomic E-state index is 13.2. The maximum absolute atomic E-state index is 13.2. The molecular formula is C16H16ClFO. The zero-order chi connectivity index (χ0) is 13.8. The van der Waals surface area contributed by atoms with E-state index in [0.29, 0.717) is 17.0 Å². The highest BCUT2D eigenvalue weighted by atomic mass is 35.5. The van der Waals surface area contributed by atoms with Gasteiger partial charge in [0, 0.05) is 10.6 Å². The molecule has 0 aromatic heterocycles. The van der Waals surface area contributed by atoms with Crippen LogP contribution >= 0.6 is 11.6 Å². The zero-order valence-electron chi connectivity index (χ0n) is 10.7. The van der Waals surface area contributed by atoms with E-state index in [1.165, 1.54) is 18.2 Å². The first-order chi connectivity index (χ1) is 9.08. The molecule has 0 spiro atoms. The number of hydrogen-bond donors (Lipinski definition) is 1. The molecule has 19 heavy (non-hydrogen) atoms. The molecule has 0 radical (unpaired) electrons. The quantitative estimate of drug-likeness (QED) is 0.859. The highest BCUT2D eigenvalue weighted by Gasteiger charge is 2.17. The number of halogens is 2. The second-order valence-corrected chi connectivity index (χ2v) is 5.14. The van der Waals surface area contributed by atoms with Crippen LogP contribution in [0.5, 0.6) is 0 Å². The summed E-state index contributed by atoms with van der Waals surface area (Å²) in [5, 5.41) is 10.6. The number of aliphatic hydroxyl groups excluding tert-OH is 1. The average Bonchev–Trinajstić information content (AvgIpc) is 2.42. The molecule has 0 heterocycles. The monoisotopic (exact) mass is 278 g/mol.